The van der Waals surface area contributed by atoms with Gasteiger partial charge in [0.05, 0.1) is 11.8 Å². The van der Waals surface area contributed by atoms with Gasteiger partial charge in [-0.05, 0) is 19.8 Å². The molecule has 0 amide bonds. The Morgan fingerprint density at radius 1 is 1.41 bits per heavy atom. The van der Waals surface area contributed by atoms with Crippen molar-refractivity contribution < 1.29 is 9.53 Å². The number of rotatable bonds is 8. The van der Waals surface area contributed by atoms with Crippen molar-refractivity contribution in [1.82, 2.24) is 9.78 Å². The highest BCUT2D eigenvalue weighted by Gasteiger charge is 2.20. The number of ketones is 1. The lowest BCUT2D eigenvalue weighted by molar-refractivity contribution is 0.0423. The topological polar surface area (TPSA) is 44.1 Å². The van der Waals surface area contributed by atoms with Crippen LogP contribution in [-0.2, 0) is 11.3 Å². The van der Waals surface area contributed by atoms with Gasteiger partial charge in [-0.15, -0.1) is 0 Å². The van der Waals surface area contributed by atoms with E-state index in [4.69, 9.17) is 4.74 Å². The predicted molar refractivity (Wildman–Crippen MR) is 67.2 cm³/mol. The predicted octanol–water partition coefficient (Wildman–Crippen LogP) is 2.68. The third-order valence-corrected chi connectivity index (χ3v) is 2.58. The molecule has 4 nitrogen and oxygen atoms in total. The minimum Gasteiger partial charge on any atom is -0.370 e. The van der Waals surface area contributed by atoms with Crippen LogP contribution in [0.15, 0.2) is 12.4 Å². The van der Waals surface area contributed by atoms with Gasteiger partial charge < -0.3 is 4.74 Å². The molecule has 4 heteroatoms. The zero-order valence-electron chi connectivity index (χ0n) is 11.0. The molecular formula is C13H22N2O2. The van der Waals surface area contributed by atoms with E-state index in [2.05, 4.69) is 18.9 Å². The number of hydrogen-bond donors (Lipinski definition) is 0. The lowest BCUT2D eigenvalue weighted by Gasteiger charge is -2.13. The Morgan fingerprint density at radius 2 is 2.18 bits per heavy atom. The number of aryl methyl sites for hydroxylation is 1. The zero-order valence-corrected chi connectivity index (χ0v) is 11.0. The molecular weight excluding hydrogens is 216 g/mol. The Bertz CT molecular complexity index is 341. The molecule has 1 rings (SSSR count). The van der Waals surface area contributed by atoms with Crippen molar-refractivity contribution in [2.45, 2.75) is 52.7 Å². The van der Waals surface area contributed by atoms with Crippen LogP contribution >= 0.6 is 0 Å². The van der Waals surface area contributed by atoms with Crippen molar-refractivity contribution >= 4 is 5.78 Å². The molecule has 0 aliphatic rings. The molecule has 1 heterocycles. The molecule has 0 N–H and O–H groups in total. The number of carbonyl (C=O) groups is 1. The summed E-state index contributed by atoms with van der Waals surface area (Å²) in [5, 5.41) is 4.17. The SMILES string of the molecule is CCCC(OCC)C(=O)c1cnn(CCC)c1. The first-order chi connectivity index (χ1) is 8.22. The Labute approximate surface area is 103 Å². The van der Waals surface area contributed by atoms with Crippen LogP contribution in [0.2, 0.25) is 0 Å². The highest BCUT2D eigenvalue weighted by atomic mass is 16.5. The van der Waals surface area contributed by atoms with E-state index in [1.807, 2.05) is 17.8 Å². The van der Waals surface area contributed by atoms with Crippen LogP contribution in [0.25, 0.3) is 0 Å². The molecule has 0 aromatic carbocycles. The monoisotopic (exact) mass is 238 g/mol. The first-order valence-electron chi connectivity index (χ1n) is 6.41. The summed E-state index contributed by atoms with van der Waals surface area (Å²) in [5.74, 6) is 0.0519. The Kier molecular flexibility index (Phi) is 5.91. The van der Waals surface area contributed by atoms with Gasteiger partial charge in [0.1, 0.15) is 6.10 Å². The summed E-state index contributed by atoms with van der Waals surface area (Å²) in [4.78, 5) is 12.2. The van der Waals surface area contributed by atoms with Crippen molar-refractivity contribution in [3.05, 3.63) is 18.0 Å². The van der Waals surface area contributed by atoms with Crippen molar-refractivity contribution in [3.8, 4) is 0 Å². The smallest absolute Gasteiger partial charge is 0.194 e. The molecule has 0 aliphatic carbocycles. The lowest BCUT2D eigenvalue weighted by atomic mass is 10.1. The van der Waals surface area contributed by atoms with Crippen LogP contribution in [0.3, 0.4) is 0 Å². The maximum absolute atomic E-state index is 12.2. The summed E-state index contributed by atoms with van der Waals surface area (Å²) in [6.07, 6.45) is 5.86. The summed E-state index contributed by atoms with van der Waals surface area (Å²) in [5.41, 5.74) is 0.658. The van der Waals surface area contributed by atoms with Crippen LogP contribution in [0.4, 0.5) is 0 Å². The minimum absolute atomic E-state index is 0.0519. The van der Waals surface area contributed by atoms with Gasteiger partial charge in [-0.1, -0.05) is 20.3 Å². The molecule has 1 atom stereocenters. The number of Topliss-reactive ketones (excluding diaryl/α,β-unsaturated/α-hetero) is 1. The minimum atomic E-state index is -0.315. The van der Waals surface area contributed by atoms with Gasteiger partial charge in [0.2, 0.25) is 0 Å². The maximum Gasteiger partial charge on any atom is 0.194 e. The van der Waals surface area contributed by atoms with Crippen molar-refractivity contribution in [2.75, 3.05) is 6.61 Å². The Balaban J connectivity index is 2.70. The van der Waals surface area contributed by atoms with Gasteiger partial charge in [-0.2, -0.15) is 5.10 Å². The van der Waals surface area contributed by atoms with E-state index in [-0.39, 0.29) is 11.9 Å². The van der Waals surface area contributed by atoms with Gasteiger partial charge in [0, 0.05) is 19.3 Å². The fraction of sp³-hybridized carbons (Fsp3) is 0.692. The molecule has 0 saturated carbocycles. The van der Waals surface area contributed by atoms with Gasteiger partial charge in [-0.25, -0.2) is 0 Å². The van der Waals surface area contributed by atoms with Crippen molar-refractivity contribution in [2.24, 2.45) is 0 Å². The lowest BCUT2D eigenvalue weighted by Crippen LogP contribution is -2.24. The van der Waals surface area contributed by atoms with Crippen molar-refractivity contribution in [3.63, 3.8) is 0 Å². The van der Waals surface area contributed by atoms with Gasteiger partial charge in [0.15, 0.2) is 5.78 Å². The van der Waals surface area contributed by atoms with E-state index in [0.717, 1.165) is 25.8 Å². The van der Waals surface area contributed by atoms with Gasteiger partial charge in [0.25, 0.3) is 0 Å². The third kappa shape index (κ3) is 3.97. The van der Waals surface area contributed by atoms with Crippen molar-refractivity contribution in [1.29, 1.82) is 0 Å². The number of carbonyl (C=O) groups excluding carboxylic acids is 1. The van der Waals surface area contributed by atoms with Gasteiger partial charge in [-0.3, -0.25) is 9.48 Å². The molecule has 1 aromatic heterocycles. The summed E-state index contributed by atoms with van der Waals surface area (Å²) < 4.78 is 7.29. The standard InChI is InChI=1S/C13H22N2O2/c1-4-7-12(17-6-3)13(16)11-9-14-15(10-11)8-5-2/h9-10,12H,4-8H2,1-3H3. The largest absolute Gasteiger partial charge is 0.370 e. The molecule has 0 fully saturated rings. The van der Waals surface area contributed by atoms with E-state index in [1.165, 1.54) is 0 Å². The summed E-state index contributed by atoms with van der Waals surface area (Å²) in [6.45, 7) is 7.47. The van der Waals surface area contributed by atoms with Crippen LogP contribution < -0.4 is 0 Å². The molecule has 0 spiro atoms. The molecule has 0 saturated heterocycles. The van der Waals surface area contributed by atoms with Gasteiger partial charge >= 0.3 is 0 Å². The third-order valence-electron chi connectivity index (χ3n) is 2.58. The zero-order chi connectivity index (χ0) is 12.7. The average Bonchev–Trinajstić information content (AvgIpc) is 2.77. The maximum atomic E-state index is 12.2. The molecule has 1 aromatic rings. The number of ether oxygens (including phenoxy) is 1. The van der Waals surface area contributed by atoms with Crippen LogP contribution in [0.1, 0.15) is 50.4 Å². The highest BCUT2D eigenvalue weighted by Crippen LogP contribution is 2.11. The highest BCUT2D eigenvalue weighted by molar-refractivity contribution is 5.99. The van der Waals surface area contributed by atoms with Crippen LogP contribution in [0.5, 0.6) is 0 Å². The molecule has 0 bridgehead atoms. The second-order valence-electron chi connectivity index (χ2n) is 4.09. The van der Waals surface area contributed by atoms with E-state index < -0.39 is 0 Å². The van der Waals surface area contributed by atoms with E-state index in [0.29, 0.717) is 12.2 Å². The fourth-order valence-corrected chi connectivity index (χ4v) is 1.78. The molecule has 96 valence electrons. The van der Waals surface area contributed by atoms with E-state index in [1.54, 1.807) is 6.20 Å². The van der Waals surface area contributed by atoms with Crippen LogP contribution in [-0.4, -0.2) is 28.3 Å². The number of hydrogen-bond acceptors (Lipinski definition) is 3. The van der Waals surface area contributed by atoms with E-state index >= 15 is 0 Å². The summed E-state index contributed by atoms with van der Waals surface area (Å²) in [7, 11) is 0. The first-order valence-corrected chi connectivity index (χ1v) is 6.41. The normalized spacial score (nSPS) is 12.6. The van der Waals surface area contributed by atoms with Crippen LogP contribution in [0, 0.1) is 0 Å². The Morgan fingerprint density at radius 3 is 2.76 bits per heavy atom. The molecule has 0 radical (unpaired) electrons. The average molecular weight is 238 g/mol. The molecule has 0 aliphatic heterocycles. The first kappa shape index (κ1) is 13.9. The van der Waals surface area contributed by atoms with E-state index in [9.17, 15) is 4.79 Å². The Hall–Kier alpha value is -1.16. The number of nitrogens with zero attached hydrogens (tertiary/aromatic N) is 2. The summed E-state index contributed by atoms with van der Waals surface area (Å²) in [6, 6.07) is 0. The number of aromatic nitrogens is 2. The quantitative estimate of drug-likeness (QED) is 0.654. The molecule has 17 heavy (non-hydrogen) atoms. The molecule has 1 unspecified atom stereocenters. The second-order valence-corrected chi connectivity index (χ2v) is 4.09. The second kappa shape index (κ2) is 7.22. The summed E-state index contributed by atoms with van der Waals surface area (Å²) >= 11 is 0. The fourth-order valence-electron chi connectivity index (χ4n) is 1.78.